The molecule has 0 spiro atoms. The Labute approximate surface area is 124 Å². The van der Waals surface area contributed by atoms with Crippen molar-refractivity contribution in [2.75, 3.05) is 17.7 Å². The summed E-state index contributed by atoms with van der Waals surface area (Å²) in [5.41, 5.74) is 7.94. The molecule has 21 heavy (non-hydrogen) atoms. The minimum Gasteiger partial charge on any atom is -0.462 e. The van der Waals surface area contributed by atoms with Gasteiger partial charge >= 0.3 is 5.97 Å². The Morgan fingerprint density at radius 1 is 1.38 bits per heavy atom. The fourth-order valence-electron chi connectivity index (χ4n) is 2.01. The maximum absolute atomic E-state index is 11.9. The minimum atomic E-state index is -0.382. The van der Waals surface area contributed by atoms with E-state index in [4.69, 9.17) is 10.5 Å². The lowest BCUT2D eigenvalue weighted by molar-refractivity contribution is 0.0527. The molecule has 5 heteroatoms. The summed E-state index contributed by atoms with van der Waals surface area (Å²) in [4.78, 5) is 16.1. The van der Waals surface area contributed by atoms with Crippen LogP contribution in [-0.4, -0.2) is 17.6 Å². The number of ether oxygens (including phenoxy) is 1. The second kappa shape index (κ2) is 6.74. The number of carbonyl (C=O) groups is 1. The first-order chi connectivity index (χ1) is 10.1. The Morgan fingerprint density at radius 3 is 2.90 bits per heavy atom. The Hall–Kier alpha value is -2.56. The van der Waals surface area contributed by atoms with Gasteiger partial charge in [0.25, 0.3) is 0 Å². The molecule has 5 nitrogen and oxygen atoms in total. The number of nitrogens with two attached hydrogens (primary N) is 1. The summed E-state index contributed by atoms with van der Waals surface area (Å²) in [6, 6.07) is 11.0. The number of carbonyl (C=O) groups excluding carboxylic acids is 1. The molecular weight excluding hydrogens is 266 g/mol. The standard InChI is InChI=1S/C16H19N3O2/c1-3-21-16(20)14-8-5-9-18-15(14)19-11(2)12-6-4-7-13(17)10-12/h4-11H,3,17H2,1-2H3,(H,18,19). The molecule has 0 aliphatic carbocycles. The van der Waals surface area contributed by atoms with Crippen LogP contribution in [0.5, 0.6) is 0 Å². The lowest BCUT2D eigenvalue weighted by atomic mass is 10.1. The number of nitrogen functional groups attached to an aromatic ring is 1. The van der Waals surface area contributed by atoms with E-state index in [1.807, 2.05) is 31.2 Å². The summed E-state index contributed by atoms with van der Waals surface area (Å²) < 4.78 is 5.04. The summed E-state index contributed by atoms with van der Waals surface area (Å²) in [6.45, 7) is 4.09. The Balaban J connectivity index is 2.21. The number of nitrogens with zero attached hydrogens (tertiary/aromatic N) is 1. The molecular formula is C16H19N3O2. The van der Waals surface area contributed by atoms with Crippen LogP contribution in [0.4, 0.5) is 11.5 Å². The predicted molar refractivity (Wildman–Crippen MR) is 83.1 cm³/mol. The van der Waals surface area contributed by atoms with Gasteiger partial charge in [0.05, 0.1) is 12.6 Å². The molecule has 1 heterocycles. The summed E-state index contributed by atoms with van der Waals surface area (Å²) in [6.07, 6.45) is 1.64. The second-order valence-electron chi connectivity index (χ2n) is 4.66. The zero-order valence-electron chi connectivity index (χ0n) is 12.2. The Kier molecular flexibility index (Phi) is 4.77. The van der Waals surface area contributed by atoms with E-state index in [2.05, 4.69) is 10.3 Å². The van der Waals surface area contributed by atoms with Crippen LogP contribution in [0, 0.1) is 0 Å². The zero-order valence-corrected chi connectivity index (χ0v) is 12.2. The van der Waals surface area contributed by atoms with Gasteiger partial charge in [-0.2, -0.15) is 0 Å². The first-order valence-electron chi connectivity index (χ1n) is 6.86. The third-order valence-corrected chi connectivity index (χ3v) is 3.07. The summed E-state index contributed by atoms with van der Waals surface area (Å²) in [5, 5.41) is 3.23. The van der Waals surface area contributed by atoms with Crippen molar-refractivity contribution in [2.24, 2.45) is 0 Å². The number of hydrogen-bond donors (Lipinski definition) is 2. The highest BCUT2D eigenvalue weighted by Crippen LogP contribution is 2.22. The van der Waals surface area contributed by atoms with Crippen LogP contribution < -0.4 is 11.1 Å². The number of nitrogens with one attached hydrogen (secondary N) is 1. The van der Waals surface area contributed by atoms with Crippen molar-refractivity contribution in [2.45, 2.75) is 19.9 Å². The summed E-state index contributed by atoms with van der Waals surface area (Å²) >= 11 is 0. The van der Waals surface area contributed by atoms with Gasteiger partial charge in [-0.3, -0.25) is 0 Å². The van der Waals surface area contributed by atoms with Crippen molar-refractivity contribution >= 4 is 17.5 Å². The van der Waals surface area contributed by atoms with Crippen molar-refractivity contribution in [1.82, 2.24) is 4.98 Å². The van der Waals surface area contributed by atoms with E-state index in [-0.39, 0.29) is 12.0 Å². The molecule has 0 bridgehead atoms. The van der Waals surface area contributed by atoms with Gasteiger partial charge in [0.1, 0.15) is 11.4 Å². The van der Waals surface area contributed by atoms with Gasteiger partial charge in [0.2, 0.25) is 0 Å². The smallest absolute Gasteiger partial charge is 0.341 e. The number of anilines is 2. The van der Waals surface area contributed by atoms with Crippen LogP contribution in [0.15, 0.2) is 42.6 Å². The molecule has 0 aliphatic heterocycles. The van der Waals surface area contributed by atoms with Gasteiger partial charge in [-0.05, 0) is 43.7 Å². The van der Waals surface area contributed by atoms with Crippen molar-refractivity contribution in [3.8, 4) is 0 Å². The summed E-state index contributed by atoms with van der Waals surface area (Å²) in [5.74, 6) is 0.124. The highest BCUT2D eigenvalue weighted by molar-refractivity contribution is 5.94. The fraction of sp³-hybridized carbons (Fsp3) is 0.250. The lowest BCUT2D eigenvalue weighted by Crippen LogP contribution is -2.14. The van der Waals surface area contributed by atoms with Crippen LogP contribution in [0.1, 0.15) is 35.8 Å². The SMILES string of the molecule is CCOC(=O)c1cccnc1NC(C)c1cccc(N)c1. The maximum atomic E-state index is 11.9. The highest BCUT2D eigenvalue weighted by atomic mass is 16.5. The monoisotopic (exact) mass is 285 g/mol. The quantitative estimate of drug-likeness (QED) is 0.652. The first-order valence-corrected chi connectivity index (χ1v) is 6.86. The number of pyridine rings is 1. The number of benzene rings is 1. The fourth-order valence-corrected chi connectivity index (χ4v) is 2.01. The molecule has 0 aliphatic rings. The predicted octanol–water partition coefficient (Wildman–Crippen LogP) is 3.01. The third-order valence-electron chi connectivity index (χ3n) is 3.07. The van der Waals surface area contributed by atoms with Crippen LogP contribution in [0.2, 0.25) is 0 Å². The second-order valence-corrected chi connectivity index (χ2v) is 4.66. The molecule has 0 saturated carbocycles. The van der Waals surface area contributed by atoms with Crippen molar-refractivity contribution < 1.29 is 9.53 Å². The molecule has 2 aromatic rings. The molecule has 1 unspecified atom stereocenters. The molecule has 0 fully saturated rings. The van der Waals surface area contributed by atoms with Crippen molar-refractivity contribution in [3.63, 3.8) is 0 Å². The number of rotatable bonds is 5. The van der Waals surface area contributed by atoms with Gasteiger partial charge in [-0.1, -0.05) is 12.1 Å². The molecule has 1 atom stereocenters. The minimum absolute atomic E-state index is 0.0309. The van der Waals surface area contributed by atoms with E-state index >= 15 is 0 Å². The topological polar surface area (TPSA) is 77.2 Å². The number of aromatic nitrogens is 1. The number of hydrogen-bond acceptors (Lipinski definition) is 5. The first kappa shape index (κ1) is 14.8. The molecule has 0 radical (unpaired) electrons. The largest absolute Gasteiger partial charge is 0.462 e. The Morgan fingerprint density at radius 2 is 2.19 bits per heavy atom. The average Bonchev–Trinajstić information content (AvgIpc) is 2.48. The zero-order chi connectivity index (χ0) is 15.2. The van der Waals surface area contributed by atoms with E-state index in [1.165, 1.54) is 0 Å². The number of esters is 1. The Bertz CT molecular complexity index is 628. The highest BCUT2D eigenvalue weighted by Gasteiger charge is 2.15. The summed E-state index contributed by atoms with van der Waals surface area (Å²) in [7, 11) is 0. The van der Waals surface area contributed by atoms with Gasteiger partial charge in [0.15, 0.2) is 0 Å². The molecule has 0 saturated heterocycles. The molecule has 1 aromatic carbocycles. The molecule has 1 aromatic heterocycles. The van der Waals surface area contributed by atoms with Crippen LogP contribution in [-0.2, 0) is 4.74 Å². The molecule has 110 valence electrons. The van der Waals surface area contributed by atoms with E-state index in [0.717, 1.165) is 5.56 Å². The molecule has 0 amide bonds. The van der Waals surface area contributed by atoms with E-state index < -0.39 is 0 Å². The van der Waals surface area contributed by atoms with Gasteiger partial charge in [0, 0.05) is 11.9 Å². The van der Waals surface area contributed by atoms with E-state index in [0.29, 0.717) is 23.7 Å². The lowest BCUT2D eigenvalue weighted by Gasteiger charge is -2.17. The normalized spacial score (nSPS) is 11.7. The van der Waals surface area contributed by atoms with Crippen LogP contribution in [0.3, 0.4) is 0 Å². The van der Waals surface area contributed by atoms with Crippen LogP contribution >= 0.6 is 0 Å². The van der Waals surface area contributed by atoms with E-state index in [1.54, 1.807) is 25.3 Å². The average molecular weight is 285 g/mol. The van der Waals surface area contributed by atoms with Crippen molar-refractivity contribution in [1.29, 1.82) is 0 Å². The van der Waals surface area contributed by atoms with Crippen LogP contribution in [0.25, 0.3) is 0 Å². The maximum Gasteiger partial charge on any atom is 0.341 e. The van der Waals surface area contributed by atoms with Crippen molar-refractivity contribution in [3.05, 3.63) is 53.7 Å². The van der Waals surface area contributed by atoms with Gasteiger partial charge in [-0.15, -0.1) is 0 Å². The molecule has 2 rings (SSSR count). The van der Waals surface area contributed by atoms with E-state index in [9.17, 15) is 4.79 Å². The third kappa shape index (κ3) is 3.72. The van der Waals surface area contributed by atoms with Gasteiger partial charge < -0.3 is 15.8 Å². The molecule has 3 N–H and O–H groups in total. The van der Waals surface area contributed by atoms with Gasteiger partial charge in [-0.25, -0.2) is 9.78 Å².